The number of rotatable bonds is 2. The van der Waals surface area contributed by atoms with Crippen molar-refractivity contribution in [2.24, 2.45) is 0 Å². The molecule has 0 amide bonds. The number of nitrogens with zero attached hydrogens (tertiary/aromatic N) is 2. The van der Waals surface area contributed by atoms with Gasteiger partial charge in [-0.3, -0.25) is 0 Å². The van der Waals surface area contributed by atoms with E-state index < -0.39 is 0 Å². The molecule has 0 saturated heterocycles. The van der Waals surface area contributed by atoms with Crippen LogP contribution >= 0.6 is 11.6 Å². The molecule has 0 fully saturated rings. The van der Waals surface area contributed by atoms with Crippen LogP contribution in [0.2, 0.25) is 5.15 Å². The van der Waals surface area contributed by atoms with Gasteiger partial charge in [-0.1, -0.05) is 74.0 Å². The van der Waals surface area contributed by atoms with Gasteiger partial charge in [-0.15, -0.1) is 0 Å². The van der Waals surface area contributed by atoms with E-state index in [1.807, 2.05) is 54.6 Å². The first-order chi connectivity index (χ1) is 14.0. The Morgan fingerprint density at radius 3 is 2.28 bits per heavy atom. The lowest BCUT2D eigenvalue weighted by Crippen LogP contribution is -2.24. The van der Waals surface area contributed by atoms with Crippen LogP contribution in [0, 0.1) is 0 Å². The van der Waals surface area contributed by atoms with Crippen molar-refractivity contribution in [2.45, 2.75) is 19.3 Å². The van der Waals surface area contributed by atoms with E-state index in [0.29, 0.717) is 11.0 Å². The highest BCUT2D eigenvalue weighted by molar-refractivity contribution is 6.29. The van der Waals surface area contributed by atoms with E-state index >= 15 is 0 Å². The fourth-order valence-electron chi connectivity index (χ4n) is 3.88. The number of aromatic nitrogens is 2. The van der Waals surface area contributed by atoms with E-state index in [0.717, 1.165) is 33.9 Å². The van der Waals surface area contributed by atoms with Crippen LogP contribution in [0.25, 0.3) is 22.6 Å². The average Bonchev–Trinajstić information content (AvgIpc) is 2.74. The SMILES string of the molecule is CC1(C)c2ccccc2Oc2ccc(-c3cc(Cl)nc(-c4ccccc4)n3)cc21. The Labute approximate surface area is 175 Å². The number of hydrogen-bond donors (Lipinski definition) is 0. The predicted molar refractivity (Wildman–Crippen MR) is 117 cm³/mol. The van der Waals surface area contributed by atoms with Crippen LogP contribution in [0.15, 0.2) is 78.9 Å². The number of benzene rings is 3. The highest BCUT2D eigenvalue weighted by Crippen LogP contribution is 2.48. The summed E-state index contributed by atoms with van der Waals surface area (Å²) in [5, 5.41) is 0.424. The van der Waals surface area contributed by atoms with Gasteiger partial charge in [0.25, 0.3) is 0 Å². The molecule has 3 aromatic carbocycles. The second kappa shape index (κ2) is 6.71. The summed E-state index contributed by atoms with van der Waals surface area (Å²) in [5.41, 5.74) is 4.84. The Morgan fingerprint density at radius 1 is 0.724 bits per heavy atom. The molecule has 0 saturated carbocycles. The topological polar surface area (TPSA) is 35.0 Å². The summed E-state index contributed by atoms with van der Waals surface area (Å²) in [6.45, 7) is 4.44. The van der Waals surface area contributed by atoms with Gasteiger partial charge in [-0.2, -0.15) is 0 Å². The van der Waals surface area contributed by atoms with Crippen molar-refractivity contribution in [1.29, 1.82) is 0 Å². The molecule has 2 heterocycles. The molecule has 4 aromatic rings. The van der Waals surface area contributed by atoms with Crippen molar-refractivity contribution in [3.63, 3.8) is 0 Å². The summed E-state index contributed by atoms with van der Waals surface area (Å²) in [6, 6.07) is 26.1. The van der Waals surface area contributed by atoms with Gasteiger partial charge in [-0.05, 0) is 24.3 Å². The van der Waals surface area contributed by atoms with Gasteiger partial charge in [-0.25, -0.2) is 9.97 Å². The van der Waals surface area contributed by atoms with Crippen molar-refractivity contribution in [3.8, 4) is 34.1 Å². The minimum absolute atomic E-state index is 0.181. The molecule has 0 spiro atoms. The Balaban J connectivity index is 1.63. The van der Waals surface area contributed by atoms with Crippen LogP contribution in [0.3, 0.4) is 0 Å². The Bertz CT molecular complexity index is 1220. The zero-order chi connectivity index (χ0) is 20.0. The normalized spacial score (nSPS) is 13.9. The number of fused-ring (bicyclic) bond motifs is 2. The lowest BCUT2D eigenvalue weighted by molar-refractivity contribution is 0.418. The maximum atomic E-state index is 6.34. The second-order valence-corrected chi connectivity index (χ2v) is 8.09. The largest absolute Gasteiger partial charge is 0.457 e. The molecule has 29 heavy (non-hydrogen) atoms. The molecule has 1 aliphatic rings. The molecule has 0 aliphatic carbocycles. The van der Waals surface area contributed by atoms with Gasteiger partial charge < -0.3 is 4.74 Å². The van der Waals surface area contributed by atoms with Crippen molar-refractivity contribution < 1.29 is 4.74 Å². The third-order valence-corrected chi connectivity index (χ3v) is 5.65. The first-order valence-electron chi connectivity index (χ1n) is 9.55. The number of halogens is 1. The molecule has 0 atom stereocenters. The van der Waals surface area contributed by atoms with E-state index in [-0.39, 0.29) is 5.41 Å². The lowest BCUT2D eigenvalue weighted by Gasteiger charge is -2.34. The summed E-state index contributed by atoms with van der Waals surface area (Å²) in [5.74, 6) is 2.40. The van der Waals surface area contributed by atoms with Gasteiger partial charge >= 0.3 is 0 Å². The number of para-hydroxylation sites is 1. The highest BCUT2D eigenvalue weighted by Gasteiger charge is 2.34. The lowest BCUT2D eigenvalue weighted by atomic mass is 9.75. The van der Waals surface area contributed by atoms with Gasteiger partial charge in [0.05, 0.1) is 5.69 Å². The standard InChI is InChI=1S/C25H19ClN2O/c1-25(2)18-10-6-7-11-21(18)29-22-13-12-17(14-19(22)25)20-15-23(26)28-24(27-20)16-8-4-3-5-9-16/h3-15H,1-2H3. The van der Waals surface area contributed by atoms with Gasteiger partial charge in [0.1, 0.15) is 16.7 Å². The predicted octanol–water partition coefficient (Wildman–Crippen LogP) is 6.90. The minimum Gasteiger partial charge on any atom is -0.457 e. The molecule has 0 radical (unpaired) electrons. The van der Waals surface area contributed by atoms with Crippen LogP contribution in [0.4, 0.5) is 0 Å². The molecular weight excluding hydrogens is 380 g/mol. The van der Waals surface area contributed by atoms with Gasteiger partial charge in [0, 0.05) is 33.7 Å². The minimum atomic E-state index is -0.181. The van der Waals surface area contributed by atoms with Crippen molar-refractivity contribution in [2.75, 3.05) is 0 Å². The van der Waals surface area contributed by atoms with Crippen LogP contribution in [0.5, 0.6) is 11.5 Å². The summed E-state index contributed by atoms with van der Waals surface area (Å²) in [7, 11) is 0. The third-order valence-electron chi connectivity index (χ3n) is 5.46. The monoisotopic (exact) mass is 398 g/mol. The zero-order valence-corrected chi connectivity index (χ0v) is 16.9. The van der Waals surface area contributed by atoms with E-state index in [2.05, 4.69) is 37.0 Å². The third kappa shape index (κ3) is 3.08. The molecule has 5 rings (SSSR count). The molecule has 1 aromatic heterocycles. The summed E-state index contributed by atoms with van der Waals surface area (Å²) in [6.07, 6.45) is 0. The summed E-state index contributed by atoms with van der Waals surface area (Å²) < 4.78 is 6.16. The van der Waals surface area contributed by atoms with Gasteiger partial charge in [0.15, 0.2) is 5.82 Å². The van der Waals surface area contributed by atoms with E-state index in [4.69, 9.17) is 21.3 Å². The fraction of sp³-hybridized carbons (Fsp3) is 0.120. The van der Waals surface area contributed by atoms with Crippen LogP contribution in [-0.2, 0) is 5.41 Å². The maximum Gasteiger partial charge on any atom is 0.161 e. The molecular formula is C25H19ClN2O. The molecule has 0 N–H and O–H groups in total. The van der Waals surface area contributed by atoms with Crippen LogP contribution in [-0.4, -0.2) is 9.97 Å². The molecule has 142 valence electrons. The van der Waals surface area contributed by atoms with E-state index in [9.17, 15) is 0 Å². The molecule has 4 heteroatoms. The van der Waals surface area contributed by atoms with E-state index in [1.54, 1.807) is 6.07 Å². The van der Waals surface area contributed by atoms with Crippen molar-refractivity contribution in [1.82, 2.24) is 9.97 Å². The molecule has 1 aliphatic heterocycles. The first kappa shape index (κ1) is 17.9. The Kier molecular flexibility index (Phi) is 4.14. The summed E-state index contributed by atoms with van der Waals surface area (Å²) >= 11 is 6.34. The number of hydrogen-bond acceptors (Lipinski definition) is 3. The quantitative estimate of drug-likeness (QED) is 0.344. The molecule has 0 bridgehead atoms. The Hall–Kier alpha value is -3.17. The van der Waals surface area contributed by atoms with Crippen molar-refractivity contribution in [3.05, 3.63) is 95.1 Å². The maximum absolute atomic E-state index is 6.34. The zero-order valence-electron chi connectivity index (χ0n) is 16.2. The van der Waals surface area contributed by atoms with Crippen molar-refractivity contribution >= 4 is 11.6 Å². The second-order valence-electron chi connectivity index (χ2n) is 7.70. The number of ether oxygens (including phenoxy) is 1. The Morgan fingerprint density at radius 2 is 1.45 bits per heavy atom. The van der Waals surface area contributed by atoms with Crippen LogP contribution in [0.1, 0.15) is 25.0 Å². The average molecular weight is 399 g/mol. The first-order valence-corrected chi connectivity index (χ1v) is 9.92. The van der Waals surface area contributed by atoms with Gasteiger partial charge in [0.2, 0.25) is 0 Å². The van der Waals surface area contributed by atoms with Crippen LogP contribution < -0.4 is 4.74 Å². The summed E-state index contributed by atoms with van der Waals surface area (Å²) in [4.78, 5) is 9.18. The highest BCUT2D eigenvalue weighted by atomic mass is 35.5. The fourth-order valence-corrected chi connectivity index (χ4v) is 4.07. The molecule has 0 unspecified atom stereocenters. The smallest absolute Gasteiger partial charge is 0.161 e. The molecule has 3 nitrogen and oxygen atoms in total. The van der Waals surface area contributed by atoms with E-state index in [1.165, 1.54) is 5.56 Å².